The minimum atomic E-state index is -0.839. The van der Waals surface area contributed by atoms with Crippen LogP contribution in [-0.4, -0.2) is 17.8 Å². The first-order valence-corrected chi connectivity index (χ1v) is 10.6. The molecule has 1 fully saturated rings. The lowest BCUT2D eigenvalue weighted by Gasteiger charge is -2.26. The van der Waals surface area contributed by atoms with Gasteiger partial charge in [-0.15, -0.1) is 0 Å². The van der Waals surface area contributed by atoms with E-state index in [1.165, 1.54) is 12.1 Å². The SMILES string of the molecule is Cc1ccc(N2C(=O)NC(=O)/C(=C/c3ccc(OCc4ccccc4C#N)cc3)C2=O)cc1Cl. The highest BCUT2D eigenvalue weighted by Crippen LogP contribution is 2.27. The molecule has 0 aliphatic carbocycles. The normalized spacial score (nSPS) is 14.7. The molecule has 1 heterocycles. The molecule has 7 nitrogen and oxygen atoms in total. The molecule has 1 aliphatic rings. The summed E-state index contributed by atoms with van der Waals surface area (Å²) in [6, 6.07) is 20.0. The number of carbonyl (C=O) groups is 3. The number of halogens is 1. The molecule has 168 valence electrons. The van der Waals surface area contributed by atoms with Crippen molar-refractivity contribution in [3.8, 4) is 11.8 Å². The van der Waals surface area contributed by atoms with Crippen LogP contribution in [0.1, 0.15) is 22.3 Å². The first kappa shape index (κ1) is 22.8. The van der Waals surface area contributed by atoms with Crippen molar-refractivity contribution in [2.75, 3.05) is 4.90 Å². The number of anilines is 1. The molecule has 0 bridgehead atoms. The molecule has 3 aromatic rings. The van der Waals surface area contributed by atoms with E-state index in [1.807, 2.05) is 12.1 Å². The van der Waals surface area contributed by atoms with Crippen LogP contribution in [0.25, 0.3) is 6.08 Å². The minimum Gasteiger partial charge on any atom is -0.489 e. The predicted octanol–water partition coefficient (Wildman–Crippen LogP) is 4.77. The van der Waals surface area contributed by atoms with E-state index in [2.05, 4.69) is 11.4 Å². The lowest BCUT2D eigenvalue weighted by atomic mass is 10.1. The molecule has 34 heavy (non-hydrogen) atoms. The fraction of sp³-hybridized carbons (Fsp3) is 0.0769. The molecule has 0 spiro atoms. The average Bonchev–Trinajstić information content (AvgIpc) is 2.83. The van der Waals surface area contributed by atoms with Crippen molar-refractivity contribution < 1.29 is 19.1 Å². The van der Waals surface area contributed by atoms with E-state index >= 15 is 0 Å². The number of carbonyl (C=O) groups excluding carboxylic acids is 3. The van der Waals surface area contributed by atoms with Gasteiger partial charge >= 0.3 is 6.03 Å². The molecule has 0 aromatic heterocycles. The third-order valence-corrected chi connectivity index (χ3v) is 5.65. The second-order valence-electron chi connectivity index (χ2n) is 7.52. The zero-order valence-electron chi connectivity index (χ0n) is 18.0. The number of hydrogen-bond acceptors (Lipinski definition) is 5. The van der Waals surface area contributed by atoms with Crippen molar-refractivity contribution in [3.63, 3.8) is 0 Å². The number of nitrogens with one attached hydrogen (secondary N) is 1. The highest BCUT2D eigenvalue weighted by Gasteiger charge is 2.36. The van der Waals surface area contributed by atoms with Crippen LogP contribution in [-0.2, 0) is 16.2 Å². The molecule has 1 saturated heterocycles. The Balaban J connectivity index is 1.53. The molecule has 8 heteroatoms. The van der Waals surface area contributed by atoms with E-state index in [4.69, 9.17) is 16.3 Å². The van der Waals surface area contributed by atoms with Gasteiger partial charge in [-0.2, -0.15) is 5.26 Å². The number of nitriles is 1. The van der Waals surface area contributed by atoms with Gasteiger partial charge in [-0.3, -0.25) is 14.9 Å². The van der Waals surface area contributed by atoms with E-state index in [0.29, 0.717) is 21.9 Å². The molecule has 0 saturated carbocycles. The molecule has 0 atom stereocenters. The Morgan fingerprint density at radius 2 is 1.79 bits per heavy atom. The van der Waals surface area contributed by atoms with E-state index in [-0.39, 0.29) is 17.9 Å². The van der Waals surface area contributed by atoms with Gasteiger partial charge in [-0.1, -0.05) is 48.0 Å². The summed E-state index contributed by atoms with van der Waals surface area (Å²) in [6.07, 6.45) is 1.40. The Morgan fingerprint density at radius 1 is 1.06 bits per heavy atom. The summed E-state index contributed by atoms with van der Waals surface area (Å²) in [5.74, 6) is -0.972. The van der Waals surface area contributed by atoms with Crippen LogP contribution in [0.15, 0.2) is 72.3 Å². The van der Waals surface area contributed by atoms with Crippen molar-refractivity contribution in [1.82, 2.24) is 5.32 Å². The Morgan fingerprint density at radius 3 is 2.50 bits per heavy atom. The van der Waals surface area contributed by atoms with Gasteiger partial charge in [0.05, 0.1) is 17.3 Å². The second-order valence-corrected chi connectivity index (χ2v) is 7.93. The van der Waals surface area contributed by atoms with E-state index in [9.17, 15) is 19.6 Å². The molecule has 3 aromatic carbocycles. The first-order chi connectivity index (χ1) is 16.4. The van der Waals surface area contributed by atoms with Crippen molar-refractivity contribution in [1.29, 1.82) is 5.26 Å². The highest BCUT2D eigenvalue weighted by molar-refractivity contribution is 6.39. The van der Waals surface area contributed by atoms with Gasteiger partial charge in [-0.05, 0) is 54.5 Å². The van der Waals surface area contributed by atoms with Gasteiger partial charge in [0.1, 0.15) is 17.9 Å². The summed E-state index contributed by atoms with van der Waals surface area (Å²) in [5.41, 5.74) is 2.74. The minimum absolute atomic E-state index is 0.187. The zero-order chi connectivity index (χ0) is 24.2. The van der Waals surface area contributed by atoms with E-state index < -0.39 is 17.8 Å². The quantitative estimate of drug-likeness (QED) is 0.427. The fourth-order valence-electron chi connectivity index (χ4n) is 3.36. The third kappa shape index (κ3) is 4.68. The van der Waals surface area contributed by atoms with Gasteiger partial charge in [-0.25, -0.2) is 9.69 Å². The number of nitrogens with zero attached hydrogens (tertiary/aromatic N) is 2. The summed E-state index contributed by atoms with van der Waals surface area (Å²) in [5, 5.41) is 11.8. The number of aryl methyl sites for hydroxylation is 1. The number of ether oxygens (including phenoxy) is 1. The van der Waals surface area contributed by atoms with Crippen molar-refractivity contribution in [2.45, 2.75) is 13.5 Å². The number of imide groups is 2. The van der Waals surface area contributed by atoms with Gasteiger partial charge in [0.25, 0.3) is 11.8 Å². The van der Waals surface area contributed by atoms with Crippen molar-refractivity contribution in [2.24, 2.45) is 0 Å². The Hall–Kier alpha value is -4.41. The fourth-order valence-corrected chi connectivity index (χ4v) is 3.53. The first-order valence-electron chi connectivity index (χ1n) is 10.3. The van der Waals surface area contributed by atoms with Crippen molar-refractivity contribution >= 4 is 41.2 Å². The maximum absolute atomic E-state index is 13.0. The highest BCUT2D eigenvalue weighted by atomic mass is 35.5. The maximum atomic E-state index is 13.0. The van der Waals surface area contributed by atoms with Gasteiger partial charge in [0.2, 0.25) is 0 Å². The number of urea groups is 1. The third-order valence-electron chi connectivity index (χ3n) is 5.24. The largest absolute Gasteiger partial charge is 0.489 e. The standard InChI is InChI=1S/C26H18ClN3O4/c1-16-6-9-20(13-23(16)27)30-25(32)22(24(31)29-26(30)33)12-17-7-10-21(11-8-17)34-15-19-5-3-2-4-18(19)14-28/h2-13H,15H2,1H3,(H,29,31,33)/b22-12-. The van der Waals surface area contributed by atoms with E-state index in [0.717, 1.165) is 16.0 Å². The summed E-state index contributed by atoms with van der Waals surface area (Å²) < 4.78 is 5.75. The molecule has 1 N–H and O–H groups in total. The molecule has 0 radical (unpaired) electrons. The lowest BCUT2D eigenvalue weighted by Crippen LogP contribution is -2.54. The molecular weight excluding hydrogens is 454 g/mol. The summed E-state index contributed by atoms with van der Waals surface area (Å²) in [4.78, 5) is 38.6. The topological polar surface area (TPSA) is 99.5 Å². The Bertz CT molecular complexity index is 1370. The maximum Gasteiger partial charge on any atom is 0.335 e. The Kier molecular flexibility index (Phi) is 6.44. The van der Waals surface area contributed by atoms with Crippen LogP contribution >= 0.6 is 11.6 Å². The van der Waals surface area contributed by atoms with Crippen LogP contribution in [0.5, 0.6) is 5.75 Å². The van der Waals surface area contributed by atoms with Crippen LogP contribution in [0.4, 0.5) is 10.5 Å². The molecule has 0 unspecified atom stereocenters. The zero-order valence-corrected chi connectivity index (χ0v) is 18.8. The van der Waals surface area contributed by atoms with Gasteiger partial charge < -0.3 is 4.74 Å². The smallest absolute Gasteiger partial charge is 0.335 e. The molecule has 4 amide bonds. The van der Waals surface area contributed by atoms with E-state index in [1.54, 1.807) is 55.5 Å². The number of rotatable bonds is 5. The van der Waals surface area contributed by atoms with Gasteiger partial charge in [0.15, 0.2) is 0 Å². The number of benzene rings is 3. The van der Waals surface area contributed by atoms with Crippen molar-refractivity contribution in [3.05, 3.63) is 99.6 Å². The van der Waals surface area contributed by atoms with Crippen LogP contribution in [0.2, 0.25) is 5.02 Å². The summed E-state index contributed by atoms with van der Waals surface area (Å²) >= 11 is 6.14. The average molecular weight is 472 g/mol. The van der Waals surface area contributed by atoms with Crippen LogP contribution in [0, 0.1) is 18.3 Å². The number of amides is 4. The lowest BCUT2D eigenvalue weighted by molar-refractivity contribution is -0.122. The van der Waals surface area contributed by atoms with Gasteiger partial charge in [0, 0.05) is 10.6 Å². The summed E-state index contributed by atoms with van der Waals surface area (Å²) in [6.45, 7) is 2.02. The molecule has 1 aliphatic heterocycles. The molecule has 4 rings (SSSR count). The predicted molar refractivity (Wildman–Crippen MR) is 127 cm³/mol. The second kappa shape index (κ2) is 9.61. The molecular formula is C26H18ClN3O4. The Labute approximate surface area is 200 Å². The van der Waals surface area contributed by atoms with Crippen LogP contribution < -0.4 is 15.0 Å². The monoisotopic (exact) mass is 471 g/mol. The number of hydrogen-bond donors (Lipinski definition) is 1. The summed E-state index contributed by atoms with van der Waals surface area (Å²) in [7, 11) is 0. The van der Waals surface area contributed by atoms with Crippen LogP contribution in [0.3, 0.4) is 0 Å². The number of barbiturate groups is 1.